The molecule has 0 aromatic heterocycles. The van der Waals surface area contributed by atoms with Crippen molar-refractivity contribution in [3.05, 3.63) is 40.6 Å². The van der Waals surface area contributed by atoms with E-state index in [1.54, 1.807) is 16.7 Å². The lowest BCUT2D eigenvalue weighted by Gasteiger charge is -2.47. The van der Waals surface area contributed by atoms with Crippen LogP contribution in [0.15, 0.2) is 30.0 Å². The summed E-state index contributed by atoms with van der Waals surface area (Å²) in [7, 11) is 0. The zero-order valence-electron chi connectivity index (χ0n) is 21.4. The molecule has 1 aromatic carbocycles. The lowest BCUT2D eigenvalue weighted by atomic mass is 9.89. The molecule has 0 radical (unpaired) electrons. The lowest BCUT2D eigenvalue weighted by Crippen LogP contribution is -2.65. The summed E-state index contributed by atoms with van der Waals surface area (Å²) < 4.78 is 73.6. The van der Waals surface area contributed by atoms with Gasteiger partial charge in [0, 0.05) is 29.9 Å². The fourth-order valence-electron chi connectivity index (χ4n) is 5.74. The zero-order chi connectivity index (χ0) is 28.2. The first-order chi connectivity index (χ1) is 18.3. The highest BCUT2D eigenvalue weighted by atomic mass is 35.5. The van der Waals surface area contributed by atoms with Crippen molar-refractivity contribution in [1.82, 2.24) is 14.7 Å². The molecule has 4 fully saturated rings. The predicted molar refractivity (Wildman–Crippen MR) is 133 cm³/mol. The molecule has 0 unspecified atom stereocenters. The molecule has 2 atom stereocenters. The van der Waals surface area contributed by atoms with Crippen LogP contribution in [0.3, 0.4) is 0 Å². The van der Waals surface area contributed by atoms with Gasteiger partial charge >= 0.3 is 12.2 Å². The third kappa shape index (κ3) is 5.47. The van der Waals surface area contributed by atoms with Gasteiger partial charge < -0.3 is 19.9 Å². The number of urea groups is 1. The van der Waals surface area contributed by atoms with Crippen LogP contribution in [-0.2, 0) is 15.7 Å². The number of amides is 3. The van der Waals surface area contributed by atoms with E-state index in [4.69, 9.17) is 16.3 Å². The Morgan fingerprint density at radius 2 is 2.00 bits per heavy atom. The maximum atomic E-state index is 14.5. The maximum absolute atomic E-state index is 14.5. The molecular formula is C26H30ClF5N4O3. The predicted octanol–water partition coefficient (Wildman–Crippen LogP) is 5.22. The first-order valence-corrected chi connectivity index (χ1v) is 13.3. The summed E-state index contributed by atoms with van der Waals surface area (Å²) in [5.41, 5.74) is -1.10. The van der Waals surface area contributed by atoms with E-state index in [-0.39, 0.29) is 37.9 Å². The van der Waals surface area contributed by atoms with Crippen LogP contribution in [0.5, 0.6) is 0 Å². The van der Waals surface area contributed by atoms with Gasteiger partial charge in [-0.3, -0.25) is 9.69 Å². The number of alkyl halides is 5. The molecule has 3 saturated heterocycles. The third-order valence-electron chi connectivity index (χ3n) is 8.27. The Morgan fingerprint density at radius 1 is 1.26 bits per heavy atom. The Bertz CT molecular complexity index is 1170. The van der Waals surface area contributed by atoms with Gasteiger partial charge in [0.2, 0.25) is 5.91 Å². The van der Waals surface area contributed by atoms with Crippen molar-refractivity contribution in [3.63, 3.8) is 0 Å². The SMILES string of the molecule is C[C@H]1C(=O)N2/C(=C/CCN3CCC4(CC4)C(F)(F)C3)COC[C@H]2CN1C(=O)Nc1ccc(C(F)(F)F)c(Cl)c1. The number of nitrogens with one attached hydrogen (secondary N) is 1. The molecule has 4 aliphatic rings. The van der Waals surface area contributed by atoms with Gasteiger partial charge in [-0.05, 0) is 57.4 Å². The fourth-order valence-corrected chi connectivity index (χ4v) is 6.03. The number of piperidine rings is 1. The second kappa shape index (κ2) is 10.2. The van der Waals surface area contributed by atoms with Crippen molar-refractivity contribution in [3.8, 4) is 0 Å². The molecule has 214 valence electrons. The molecule has 1 saturated carbocycles. The Kier molecular flexibility index (Phi) is 7.34. The molecule has 1 aromatic rings. The Hall–Kier alpha value is -2.44. The zero-order valence-corrected chi connectivity index (χ0v) is 22.1. The number of hydrogen-bond acceptors (Lipinski definition) is 4. The van der Waals surface area contributed by atoms with Crippen molar-refractivity contribution >= 4 is 29.2 Å². The van der Waals surface area contributed by atoms with E-state index < -0.39 is 46.2 Å². The van der Waals surface area contributed by atoms with E-state index in [0.29, 0.717) is 44.5 Å². The van der Waals surface area contributed by atoms with Crippen LogP contribution in [0.4, 0.5) is 32.4 Å². The molecule has 1 N–H and O–H groups in total. The number of carbonyl (C=O) groups is 2. The lowest BCUT2D eigenvalue weighted by molar-refractivity contribution is -0.146. The smallest absolute Gasteiger partial charge is 0.373 e. The summed E-state index contributed by atoms with van der Waals surface area (Å²) in [5, 5.41) is 1.97. The second-order valence-electron chi connectivity index (χ2n) is 10.8. The van der Waals surface area contributed by atoms with Crippen molar-refractivity contribution in [1.29, 1.82) is 0 Å². The summed E-state index contributed by atoms with van der Waals surface area (Å²) in [6.07, 6.45) is -0.609. The number of nitrogens with zero attached hydrogens (tertiary/aromatic N) is 3. The largest absolute Gasteiger partial charge is 0.417 e. The molecule has 0 bridgehead atoms. The van der Waals surface area contributed by atoms with Crippen LogP contribution < -0.4 is 5.32 Å². The van der Waals surface area contributed by atoms with Crippen molar-refractivity contribution < 1.29 is 36.3 Å². The summed E-state index contributed by atoms with van der Waals surface area (Å²) >= 11 is 5.75. The van der Waals surface area contributed by atoms with Crippen molar-refractivity contribution in [2.45, 2.75) is 56.8 Å². The van der Waals surface area contributed by atoms with Gasteiger partial charge in [0.15, 0.2) is 0 Å². The van der Waals surface area contributed by atoms with E-state index in [1.165, 1.54) is 4.90 Å². The quantitative estimate of drug-likeness (QED) is 0.500. The van der Waals surface area contributed by atoms with E-state index in [2.05, 4.69) is 5.32 Å². The van der Waals surface area contributed by atoms with Crippen molar-refractivity contribution in [2.75, 3.05) is 44.7 Å². The van der Waals surface area contributed by atoms with E-state index in [9.17, 15) is 31.5 Å². The minimum atomic E-state index is -4.62. The van der Waals surface area contributed by atoms with Crippen LogP contribution >= 0.6 is 11.6 Å². The average molecular weight is 577 g/mol. The van der Waals surface area contributed by atoms with Gasteiger partial charge in [0.25, 0.3) is 5.92 Å². The van der Waals surface area contributed by atoms with Gasteiger partial charge in [-0.1, -0.05) is 17.7 Å². The van der Waals surface area contributed by atoms with Crippen LogP contribution in [0, 0.1) is 5.41 Å². The Morgan fingerprint density at radius 3 is 2.64 bits per heavy atom. The highest BCUT2D eigenvalue weighted by Gasteiger charge is 2.63. The summed E-state index contributed by atoms with van der Waals surface area (Å²) in [6, 6.07) is 0.946. The first kappa shape index (κ1) is 28.1. The van der Waals surface area contributed by atoms with Gasteiger partial charge in [-0.2, -0.15) is 13.2 Å². The molecule has 3 heterocycles. The Balaban J connectivity index is 1.21. The number of carbonyl (C=O) groups excluding carboxylic acids is 2. The number of rotatable bonds is 4. The number of fused-ring (bicyclic) bond motifs is 1. The maximum Gasteiger partial charge on any atom is 0.417 e. The first-order valence-electron chi connectivity index (χ1n) is 13.0. The van der Waals surface area contributed by atoms with E-state index >= 15 is 0 Å². The summed E-state index contributed by atoms with van der Waals surface area (Å²) in [4.78, 5) is 31.0. The standard InChI is InChI=1S/C26H30ClF5N4O3/c1-16-22(37)36-18(3-2-9-34-10-8-24(6-7-24)25(28,29)15-34)13-39-14-19(36)12-35(16)23(38)33-17-4-5-20(21(27)11-17)26(30,31)32/h3-5,11,16,19H,2,6-10,12-15H2,1H3,(H,33,38)/b18-3+/t16-,19+/m0/s1. The molecule has 5 rings (SSSR count). The number of benzene rings is 1. The van der Waals surface area contributed by atoms with Gasteiger partial charge in [-0.15, -0.1) is 0 Å². The topological polar surface area (TPSA) is 65.1 Å². The number of hydrogen-bond donors (Lipinski definition) is 1. The summed E-state index contributed by atoms with van der Waals surface area (Å²) in [5.74, 6) is -2.99. The Labute approximate surface area is 227 Å². The minimum absolute atomic E-state index is 0.0662. The molecule has 13 heteroatoms. The van der Waals surface area contributed by atoms with Crippen molar-refractivity contribution in [2.24, 2.45) is 5.41 Å². The third-order valence-corrected chi connectivity index (χ3v) is 8.59. The number of piperazine rings is 1. The fraction of sp³-hybridized carbons (Fsp3) is 0.615. The van der Waals surface area contributed by atoms with Crippen LogP contribution in [0.25, 0.3) is 0 Å². The van der Waals surface area contributed by atoms with E-state index in [0.717, 1.165) is 18.2 Å². The second-order valence-corrected chi connectivity index (χ2v) is 11.2. The van der Waals surface area contributed by atoms with Gasteiger partial charge in [0.05, 0.1) is 36.4 Å². The van der Waals surface area contributed by atoms with Gasteiger partial charge in [-0.25, -0.2) is 13.6 Å². The normalized spacial score (nSPS) is 27.6. The molecule has 3 amide bonds. The number of ether oxygens (including phenoxy) is 1. The molecule has 7 nitrogen and oxygen atoms in total. The average Bonchev–Trinajstić information content (AvgIpc) is 3.64. The molecule has 1 aliphatic carbocycles. The molecular weight excluding hydrogens is 547 g/mol. The van der Waals surface area contributed by atoms with Crippen LogP contribution in [0.1, 0.15) is 38.2 Å². The monoisotopic (exact) mass is 576 g/mol. The van der Waals surface area contributed by atoms with E-state index in [1.807, 2.05) is 6.08 Å². The number of anilines is 1. The van der Waals surface area contributed by atoms with Crippen LogP contribution in [0.2, 0.25) is 5.02 Å². The number of morpholine rings is 1. The van der Waals surface area contributed by atoms with Gasteiger partial charge in [0.1, 0.15) is 6.04 Å². The number of halogens is 6. The molecule has 39 heavy (non-hydrogen) atoms. The minimum Gasteiger partial charge on any atom is -0.373 e. The highest BCUT2D eigenvalue weighted by molar-refractivity contribution is 6.31. The summed E-state index contributed by atoms with van der Waals surface area (Å²) in [6.45, 7) is 2.95. The number of likely N-dealkylation sites (tertiary alicyclic amines) is 1. The highest BCUT2D eigenvalue weighted by Crippen LogP contribution is 2.61. The van der Waals surface area contributed by atoms with Crippen LogP contribution in [-0.4, -0.2) is 84.0 Å². The molecule has 1 spiro atoms. The molecule has 3 aliphatic heterocycles.